The van der Waals surface area contributed by atoms with E-state index in [1.165, 1.54) is 7.11 Å². The Morgan fingerprint density at radius 3 is 2.77 bits per heavy atom. The standard InChI is InChI=1S/C15H14N4O3/c1-21-15(20)14-7-6-12(22-14)9-19-13(8-17-18-19)10-2-4-11(16)5-3-10/h2-8H,9,16H2,1H3. The van der Waals surface area contributed by atoms with E-state index in [0.717, 1.165) is 11.3 Å². The lowest BCUT2D eigenvalue weighted by atomic mass is 10.1. The second kappa shape index (κ2) is 5.72. The van der Waals surface area contributed by atoms with Gasteiger partial charge in [0.15, 0.2) is 0 Å². The van der Waals surface area contributed by atoms with E-state index in [0.29, 0.717) is 18.0 Å². The van der Waals surface area contributed by atoms with Crippen molar-refractivity contribution in [2.24, 2.45) is 0 Å². The van der Waals surface area contributed by atoms with Crippen molar-refractivity contribution in [2.75, 3.05) is 12.8 Å². The maximum absolute atomic E-state index is 11.4. The van der Waals surface area contributed by atoms with E-state index in [1.807, 2.05) is 24.3 Å². The largest absolute Gasteiger partial charge is 0.463 e. The molecule has 0 aliphatic heterocycles. The minimum Gasteiger partial charge on any atom is -0.463 e. The average molecular weight is 298 g/mol. The summed E-state index contributed by atoms with van der Waals surface area (Å²) >= 11 is 0. The van der Waals surface area contributed by atoms with Crippen LogP contribution in [0.4, 0.5) is 5.69 Å². The molecule has 0 unspecified atom stereocenters. The SMILES string of the molecule is COC(=O)c1ccc(Cn2nncc2-c2ccc(N)cc2)o1. The molecule has 0 atom stereocenters. The van der Waals surface area contributed by atoms with Gasteiger partial charge in [0.25, 0.3) is 0 Å². The molecule has 2 aromatic heterocycles. The molecular weight excluding hydrogens is 284 g/mol. The summed E-state index contributed by atoms with van der Waals surface area (Å²) in [6.07, 6.45) is 1.66. The molecule has 0 bridgehead atoms. The highest BCUT2D eigenvalue weighted by Crippen LogP contribution is 2.20. The number of ether oxygens (including phenoxy) is 1. The summed E-state index contributed by atoms with van der Waals surface area (Å²) in [4.78, 5) is 11.4. The van der Waals surface area contributed by atoms with Gasteiger partial charge < -0.3 is 14.9 Å². The van der Waals surface area contributed by atoms with Crippen LogP contribution in [0.2, 0.25) is 0 Å². The topological polar surface area (TPSA) is 96.2 Å². The second-order valence-electron chi connectivity index (χ2n) is 4.66. The summed E-state index contributed by atoms with van der Waals surface area (Å²) in [6.45, 7) is 0.358. The second-order valence-corrected chi connectivity index (χ2v) is 4.66. The molecule has 2 N–H and O–H groups in total. The fraction of sp³-hybridized carbons (Fsp3) is 0.133. The molecule has 0 radical (unpaired) electrons. The molecule has 2 heterocycles. The number of furan rings is 1. The molecule has 7 heteroatoms. The lowest BCUT2D eigenvalue weighted by Gasteiger charge is -2.05. The minimum atomic E-state index is -0.511. The molecule has 7 nitrogen and oxygen atoms in total. The van der Waals surface area contributed by atoms with Crippen LogP contribution >= 0.6 is 0 Å². The van der Waals surface area contributed by atoms with Crippen molar-refractivity contribution in [1.29, 1.82) is 0 Å². The first kappa shape index (κ1) is 13.9. The van der Waals surface area contributed by atoms with E-state index in [4.69, 9.17) is 10.2 Å². The van der Waals surface area contributed by atoms with Crippen molar-refractivity contribution in [2.45, 2.75) is 6.54 Å². The first-order valence-electron chi connectivity index (χ1n) is 6.59. The van der Waals surface area contributed by atoms with Crippen LogP contribution in [-0.2, 0) is 11.3 Å². The van der Waals surface area contributed by atoms with Crippen LogP contribution in [0.3, 0.4) is 0 Å². The fourth-order valence-electron chi connectivity index (χ4n) is 2.07. The molecule has 0 aliphatic rings. The number of nitrogen functional groups attached to an aromatic ring is 1. The van der Waals surface area contributed by atoms with Crippen LogP contribution in [0, 0.1) is 0 Å². The van der Waals surface area contributed by atoms with Gasteiger partial charge in [-0.25, -0.2) is 9.48 Å². The summed E-state index contributed by atoms with van der Waals surface area (Å²) in [5.41, 5.74) is 8.15. The van der Waals surface area contributed by atoms with Gasteiger partial charge in [0, 0.05) is 11.3 Å². The van der Waals surface area contributed by atoms with Crippen molar-refractivity contribution in [3.05, 3.63) is 54.1 Å². The number of nitrogens with two attached hydrogens (primary N) is 1. The van der Waals surface area contributed by atoms with E-state index in [9.17, 15) is 4.79 Å². The predicted molar refractivity (Wildman–Crippen MR) is 79.0 cm³/mol. The molecule has 0 saturated carbocycles. The Bertz CT molecular complexity index is 789. The number of rotatable bonds is 4. The van der Waals surface area contributed by atoms with Crippen LogP contribution < -0.4 is 5.73 Å². The van der Waals surface area contributed by atoms with E-state index < -0.39 is 5.97 Å². The van der Waals surface area contributed by atoms with Gasteiger partial charge in [-0.3, -0.25) is 0 Å². The molecule has 0 fully saturated rings. The lowest BCUT2D eigenvalue weighted by Crippen LogP contribution is -2.03. The monoisotopic (exact) mass is 298 g/mol. The van der Waals surface area contributed by atoms with Crippen molar-refractivity contribution >= 4 is 11.7 Å². The number of benzene rings is 1. The molecular formula is C15H14N4O3. The van der Waals surface area contributed by atoms with Crippen molar-refractivity contribution in [1.82, 2.24) is 15.0 Å². The van der Waals surface area contributed by atoms with E-state index >= 15 is 0 Å². The smallest absolute Gasteiger partial charge is 0.373 e. The highest BCUT2D eigenvalue weighted by molar-refractivity contribution is 5.86. The van der Waals surface area contributed by atoms with Crippen molar-refractivity contribution in [3.63, 3.8) is 0 Å². The summed E-state index contributed by atoms with van der Waals surface area (Å²) < 4.78 is 11.7. The zero-order chi connectivity index (χ0) is 15.5. The molecule has 112 valence electrons. The maximum Gasteiger partial charge on any atom is 0.373 e. The third kappa shape index (κ3) is 2.69. The maximum atomic E-state index is 11.4. The van der Waals surface area contributed by atoms with Gasteiger partial charge in [-0.05, 0) is 24.3 Å². The Kier molecular flexibility index (Phi) is 3.61. The molecule has 22 heavy (non-hydrogen) atoms. The van der Waals surface area contributed by atoms with Gasteiger partial charge in [-0.1, -0.05) is 17.3 Å². The molecule has 0 spiro atoms. The number of carbonyl (C=O) groups is 1. The molecule has 0 amide bonds. The average Bonchev–Trinajstić information content (AvgIpc) is 3.17. The Hall–Kier alpha value is -3.09. The highest BCUT2D eigenvalue weighted by Gasteiger charge is 2.13. The Balaban J connectivity index is 1.85. The number of hydrogen-bond donors (Lipinski definition) is 1. The Labute approximate surface area is 126 Å². The Morgan fingerprint density at radius 2 is 2.05 bits per heavy atom. The molecule has 1 aromatic carbocycles. The van der Waals surface area contributed by atoms with Gasteiger partial charge in [0.1, 0.15) is 12.3 Å². The van der Waals surface area contributed by atoms with Crippen LogP contribution in [0.5, 0.6) is 0 Å². The van der Waals surface area contributed by atoms with Gasteiger partial charge in [0.05, 0.1) is 19.0 Å². The van der Waals surface area contributed by atoms with Gasteiger partial charge in [0.2, 0.25) is 5.76 Å². The number of carbonyl (C=O) groups excluding carboxylic acids is 1. The van der Waals surface area contributed by atoms with Crippen LogP contribution in [-0.4, -0.2) is 28.1 Å². The van der Waals surface area contributed by atoms with E-state index in [2.05, 4.69) is 15.0 Å². The zero-order valence-electron chi connectivity index (χ0n) is 11.9. The number of methoxy groups -OCH3 is 1. The quantitative estimate of drug-likeness (QED) is 0.584. The number of esters is 1. The number of nitrogens with zero attached hydrogens (tertiary/aromatic N) is 3. The van der Waals surface area contributed by atoms with Crippen LogP contribution in [0.25, 0.3) is 11.3 Å². The van der Waals surface area contributed by atoms with Crippen molar-refractivity contribution < 1.29 is 13.9 Å². The summed E-state index contributed by atoms with van der Waals surface area (Å²) in [5, 5.41) is 7.97. The third-order valence-corrected chi connectivity index (χ3v) is 3.18. The fourth-order valence-corrected chi connectivity index (χ4v) is 2.07. The van der Waals surface area contributed by atoms with Crippen molar-refractivity contribution in [3.8, 4) is 11.3 Å². The predicted octanol–water partition coefficient (Wildman–Crippen LogP) is 1.96. The molecule has 3 aromatic rings. The number of aromatic nitrogens is 3. The van der Waals surface area contributed by atoms with Gasteiger partial charge in [-0.15, -0.1) is 5.10 Å². The summed E-state index contributed by atoms with van der Waals surface area (Å²) in [6, 6.07) is 10.7. The van der Waals surface area contributed by atoms with Crippen LogP contribution in [0.1, 0.15) is 16.3 Å². The lowest BCUT2D eigenvalue weighted by molar-refractivity contribution is 0.0563. The normalized spacial score (nSPS) is 10.6. The molecule has 3 rings (SSSR count). The van der Waals surface area contributed by atoms with Crippen LogP contribution in [0.15, 0.2) is 47.0 Å². The summed E-state index contributed by atoms with van der Waals surface area (Å²) in [7, 11) is 1.31. The highest BCUT2D eigenvalue weighted by atomic mass is 16.5. The Morgan fingerprint density at radius 1 is 1.27 bits per heavy atom. The van der Waals surface area contributed by atoms with E-state index in [-0.39, 0.29) is 5.76 Å². The first-order chi connectivity index (χ1) is 10.7. The van der Waals surface area contributed by atoms with Gasteiger partial charge >= 0.3 is 5.97 Å². The molecule has 0 aliphatic carbocycles. The minimum absolute atomic E-state index is 0.159. The number of anilines is 1. The molecule has 0 saturated heterocycles. The zero-order valence-corrected chi connectivity index (χ0v) is 11.9. The van der Waals surface area contributed by atoms with Gasteiger partial charge in [-0.2, -0.15) is 0 Å². The van der Waals surface area contributed by atoms with E-state index in [1.54, 1.807) is 23.0 Å². The third-order valence-electron chi connectivity index (χ3n) is 3.18. The first-order valence-corrected chi connectivity index (χ1v) is 6.59. The summed E-state index contributed by atoms with van der Waals surface area (Å²) in [5.74, 6) is 0.234. The number of hydrogen-bond acceptors (Lipinski definition) is 6.